The van der Waals surface area contributed by atoms with Crippen molar-refractivity contribution in [2.75, 3.05) is 11.1 Å². The molecular weight excluding hydrogens is 218 g/mol. The van der Waals surface area contributed by atoms with Crippen LogP contribution in [0.1, 0.15) is 10.4 Å². The first kappa shape index (κ1) is 10.9. The summed E-state index contributed by atoms with van der Waals surface area (Å²) in [5.41, 5.74) is 6.90. The van der Waals surface area contributed by atoms with Gasteiger partial charge in [-0.25, -0.2) is 0 Å². The van der Waals surface area contributed by atoms with Crippen molar-refractivity contribution in [1.29, 1.82) is 0 Å². The Morgan fingerprint density at radius 2 is 2.18 bits per heavy atom. The molecule has 1 heterocycles. The number of phenolic OH excluding ortho intramolecular Hbond substituents is 1. The second-order valence-electron chi connectivity index (χ2n) is 3.47. The molecule has 0 aliphatic heterocycles. The third-order valence-corrected chi connectivity index (χ3v) is 2.21. The van der Waals surface area contributed by atoms with Crippen LogP contribution >= 0.6 is 0 Å². The highest BCUT2D eigenvalue weighted by Crippen LogP contribution is 2.17. The van der Waals surface area contributed by atoms with E-state index in [0.717, 1.165) is 0 Å². The van der Waals surface area contributed by atoms with Crippen LogP contribution in [0, 0.1) is 0 Å². The van der Waals surface area contributed by atoms with Crippen LogP contribution in [0.4, 0.5) is 11.4 Å². The second kappa shape index (κ2) is 4.52. The maximum absolute atomic E-state index is 11.8. The first-order chi connectivity index (χ1) is 8.16. The topological polar surface area (TPSA) is 88.2 Å². The van der Waals surface area contributed by atoms with Gasteiger partial charge in [0.15, 0.2) is 0 Å². The molecule has 0 saturated heterocycles. The van der Waals surface area contributed by atoms with Gasteiger partial charge in [0.2, 0.25) is 0 Å². The highest BCUT2D eigenvalue weighted by Gasteiger charge is 2.08. The number of anilines is 2. The van der Waals surface area contributed by atoms with E-state index in [1.54, 1.807) is 18.2 Å². The van der Waals surface area contributed by atoms with Gasteiger partial charge in [-0.2, -0.15) is 0 Å². The Hall–Kier alpha value is -2.56. The van der Waals surface area contributed by atoms with Gasteiger partial charge in [0.1, 0.15) is 5.75 Å². The molecule has 5 heteroatoms. The number of hydrogen-bond acceptors (Lipinski definition) is 4. The summed E-state index contributed by atoms with van der Waals surface area (Å²) in [7, 11) is 0. The predicted molar refractivity (Wildman–Crippen MR) is 64.7 cm³/mol. The fourth-order valence-corrected chi connectivity index (χ4v) is 1.36. The van der Waals surface area contributed by atoms with E-state index in [1.807, 2.05) is 0 Å². The minimum atomic E-state index is -0.334. The molecule has 1 amide bonds. The highest BCUT2D eigenvalue weighted by atomic mass is 16.3. The van der Waals surface area contributed by atoms with E-state index in [-0.39, 0.29) is 11.7 Å². The monoisotopic (exact) mass is 229 g/mol. The summed E-state index contributed by atoms with van der Waals surface area (Å²) in [5.74, 6) is -0.292. The number of carbonyl (C=O) groups is 1. The van der Waals surface area contributed by atoms with Crippen molar-refractivity contribution in [2.24, 2.45) is 0 Å². The Morgan fingerprint density at radius 1 is 1.35 bits per heavy atom. The van der Waals surface area contributed by atoms with Crippen molar-refractivity contribution in [3.8, 4) is 5.75 Å². The van der Waals surface area contributed by atoms with E-state index in [1.165, 1.54) is 24.5 Å². The molecule has 0 bridgehead atoms. The lowest BCUT2D eigenvalue weighted by Crippen LogP contribution is -2.13. The molecule has 0 fully saturated rings. The Bertz CT molecular complexity index is 555. The Balaban J connectivity index is 2.20. The smallest absolute Gasteiger partial charge is 0.255 e. The van der Waals surface area contributed by atoms with E-state index < -0.39 is 0 Å². The van der Waals surface area contributed by atoms with Gasteiger partial charge in [-0.3, -0.25) is 9.78 Å². The standard InChI is InChI=1S/C12H11N3O2/c13-10-7-14-5-4-11(10)15-12(17)8-2-1-3-9(16)6-8/h1-7,16H,13H2,(H,14,15,17). The minimum Gasteiger partial charge on any atom is -0.508 e. The fourth-order valence-electron chi connectivity index (χ4n) is 1.36. The molecule has 0 saturated carbocycles. The zero-order valence-corrected chi connectivity index (χ0v) is 8.92. The van der Waals surface area contributed by atoms with Gasteiger partial charge in [-0.1, -0.05) is 6.07 Å². The molecule has 0 unspecified atom stereocenters. The number of pyridine rings is 1. The van der Waals surface area contributed by atoms with Crippen molar-refractivity contribution in [3.05, 3.63) is 48.3 Å². The quantitative estimate of drug-likeness (QED) is 0.730. The molecule has 0 radical (unpaired) electrons. The lowest BCUT2D eigenvalue weighted by molar-refractivity contribution is 0.102. The summed E-state index contributed by atoms with van der Waals surface area (Å²) in [6.07, 6.45) is 2.99. The van der Waals surface area contributed by atoms with E-state index >= 15 is 0 Å². The summed E-state index contributed by atoms with van der Waals surface area (Å²) in [4.78, 5) is 15.6. The van der Waals surface area contributed by atoms with Crippen LogP contribution in [0.15, 0.2) is 42.7 Å². The lowest BCUT2D eigenvalue weighted by atomic mass is 10.2. The average Bonchev–Trinajstić information content (AvgIpc) is 2.32. The number of nitrogens with one attached hydrogen (secondary N) is 1. The summed E-state index contributed by atoms with van der Waals surface area (Å²) in [5, 5.41) is 11.9. The van der Waals surface area contributed by atoms with Crippen molar-refractivity contribution in [2.45, 2.75) is 0 Å². The van der Waals surface area contributed by atoms with Gasteiger partial charge in [-0.05, 0) is 24.3 Å². The molecule has 1 aromatic heterocycles. The van der Waals surface area contributed by atoms with Gasteiger partial charge in [0.25, 0.3) is 5.91 Å². The molecular formula is C12H11N3O2. The third kappa shape index (κ3) is 2.52. The largest absolute Gasteiger partial charge is 0.508 e. The fraction of sp³-hybridized carbons (Fsp3) is 0. The minimum absolute atomic E-state index is 0.0420. The molecule has 5 nitrogen and oxygen atoms in total. The molecule has 1 aromatic carbocycles. The van der Waals surface area contributed by atoms with Crippen molar-refractivity contribution in [3.63, 3.8) is 0 Å². The SMILES string of the molecule is Nc1cnccc1NC(=O)c1cccc(O)c1. The normalized spacial score (nSPS) is 9.88. The van der Waals surface area contributed by atoms with Gasteiger partial charge >= 0.3 is 0 Å². The maximum atomic E-state index is 11.8. The predicted octanol–water partition coefficient (Wildman–Crippen LogP) is 1.62. The summed E-state index contributed by atoms with van der Waals surface area (Å²) >= 11 is 0. The van der Waals surface area contributed by atoms with Crippen molar-refractivity contribution in [1.82, 2.24) is 4.98 Å². The molecule has 17 heavy (non-hydrogen) atoms. The van der Waals surface area contributed by atoms with Gasteiger partial charge < -0.3 is 16.2 Å². The first-order valence-electron chi connectivity index (χ1n) is 4.96. The molecule has 86 valence electrons. The number of aromatic nitrogens is 1. The number of aromatic hydroxyl groups is 1. The highest BCUT2D eigenvalue weighted by molar-refractivity contribution is 6.05. The number of nitrogens with two attached hydrogens (primary N) is 1. The van der Waals surface area contributed by atoms with Crippen LogP contribution in [0.2, 0.25) is 0 Å². The van der Waals surface area contributed by atoms with Crippen LogP contribution in [0.3, 0.4) is 0 Å². The maximum Gasteiger partial charge on any atom is 0.255 e. The zero-order valence-electron chi connectivity index (χ0n) is 8.92. The van der Waals surface area contributed by atoms with Gasteiger partial charge in [-0.15, -0.1) is 0 Å². The van der Waals surface area contributed by atoms with E-state index in [9.17, 15) is 9.90 Å². The number of carbonyl (C=O) groups excluding carboxylic acids is 1. The Morgan fingerprint density at radius 3 is 2.88 bits per heavy atom. The van der Waals surface area contributed by atoms with Crippen LogP contribution in [0.5, 0.6) is 5.75 Å². The molecule has 0 aliphatic rings. The summed E-state index contributed by atoms with van der Waals surface area (Å²) in [6.45, 7) is 0. The summed E-state index contributed by atoms with van der Waals surface area (Å²) in [6, 6.07) is 7.69. The van der Waals surface area contributed by atoms with Gasteiger partial charge in [0.05, 0.1) is 17.6 Å². The van der Waals surface area contributed by atoms with E-state index in [0.29, 0.717) is 16.9 Å². The lowest BCUT2D eigenvalue weighted by Gasteiger charge is -2.07. The number of amides is 1. The Kier molecular flexibility index (Phi) is 2.91. The number of hydrogen-bond donors (Lipinski definition) is 3. The van der Waals surface area contributed by atoms with Crippen LogP contribution in [0.25, 0.3) is 0 Å². The molecule has 4 N–H and O–H groups in total. The molecule has 0 spiro atoms. The second-order valence-corrected chi connectivity index (χ2v) is 3.47. The van der Waals surface area contributed by atoms with E-state index in [4.69, 9.17) is 5.73 Å². The van der Waals surface area contributed by atoms with Crippen LogP contribution < -0.4 is 11.1 Å². The number of benzene rings is 1. The third-order valence-electron chi connectivity index (χ3n) is 2.21. The average molecular weight is 229 g/mol. The van der Waals surface area contributed by atoms with Crippen molar-refractivity contribution < 1.29 is 9.90 Å². The summed E-state index contributed by atoms with van der Waals surface area (Å²) < 4.78 is 0. The zero-order chi connectivity index (χ0) is 12.3. The number of nitrogen functional groups attached to an aromatic ring is 1. The Labute approximate surface area is 97.9 Å². The number of rotatable bonds is 2. The number of nitrogens with zero attached hydrogens (tertiary/aromatic N) is 1. The molecule has 0 aliphatic carbocycles. The van der Waals surface area contributed by atoms with E-state index in [2.05, 4.69) is 10.3 Å². The van der Waals surface area contributed by atoms with Crippen LogP contribution in [-0.4, -0.2) is 16.0 Å². The number of phenols is 1. The molecule has 2 rings (SSSR count). The first-order valence-corrected chi connectivity index (χ1v) is 4.96. The van der Waals surface area contributed by atoms with Crippen molar-refractivity contribution >= 4 is 17.3 Å². The molecule has 2 aromatic rings. The van der Waals surface area contributed by atoms with Crippen LogP contribution in [-0.2, 0) is 0 Å². The molecule has 0 atom stereocenters. The van der Waals surface area contributed by atoms with Gasteiger partial charge in [0, 0.05) is 11.8 Å².